The van der Waals surface area contributed by atoms with Crippen molar-refractivity contribution in [2.24, 2.45) is 0 Å². The number of carbonyl (C=O) groups excluding carboxylic acids is 1. The van der Waals surface area contributed by atoms with E-state index in [4.69, 9.17) is 16.3 Å². The van der Waals surface area contributed by atoms with Crippen LogP contribution in [-0.2, 0) is 11.3 Å². The lowest BCUT2D eigenvalue weighted by Crippen LogP contribution is -2.15. The van der Waals surface area contributed by atoms with E-state index in [-0.39, 0.29) is 5.78 Å². The van der Waals surface area contributed by atoms with E-state index in [2.05, 4.69) is 10.1 Å². The van der Waals surface area contributed by atoms with E-state index < -0.39 is 0 Å². The third kappa shape index (κ3) is 2.60. The maximum atomic E-state index is 12.3. The zero-order valence-corrected chi connectivity index (χ0v) is 11.6. The van der Waals surface area contributed by atoms with E-state index in [9.17, 15) is 4.79 Å². The SMILES string of the molecule is COCCn1ncc(Cl)c1C(=O)c1csc(C)n1. The summed E-state index contributed by atoms with van der Waals surface area (Å²) in [6.07, 6.45) is 1.46. The Kier molecular flexibility index (Phi) is 4.11. The predicted octanol–water partition coefficient (Wildman–Crippen LogP) is 2.18. The van der Waals surface area contributed by atoms with E-state index in [1.165, 1.54) is 17.5 Å². The van der Waals surface area contributed by atoms with E-state index >= 15 is 0 Å². The highest BCUT2D eigenvalue weighted by Crippen LogP contribution is 2.20. The number of hydrogen-bond acceptors (Lipinski definition) is 5. The monoisotopic (exact) mass is 285 g/mol. The van der Waals surface area contributed by atoms with Crippen molar-refractivity contribution in [1.29, 1.82) is 0 Å². The van der Waals surface area contributed by atoms with Crippen LogP contribution in [0, 0.1) is 6.92 Å². The largest absolute Gasteiger partial charge is 0.383 e. The van der Waals surface area contributed by atoms with Gasteiger partial charge < -0.3 is 4.74 Å². The van der Waals surface area contributed by atoms with Crippen LogP contribution >= 0.6 is 22.9 Å². The summed E-state index contributed by atoms with van der Waals surface area (Å²) < 4.78 is 6.52. The van der Waals surface area contributed by atoms with Gasteiger partial charge in [-0.3, -0.25) is 9.48 Å². The smallest absolute Gasteiger partial charge is 0.231 e. The number of rotatable bonds is 5. The molecule has 7 heteroatoms. The maximum Gasteiger partial charge on any atom is 0.231 e. The average Bonchev–Trinajstić information content (AvgIpc) is 2.92. The minimum absolute atomic E-state index is 0.210. The summed E-state index contributed by atoms with van der Waals surface area (Å²) in [6.45, 7) is 2.80. The summed E-state index contributed by atoms with van der Waals surface area (Å²) >= 11 is 7.44. The van der Waals surface area contributed by atoms with Crippen molar-refractivity contribution in [2.75, 3.05) is 13.7 Å². The minimum Gasteiger partial charge on any atom is -0.383 e. The molecular weight excluding hydrogens is 274 g/mol. The van der Waals surface area contributed by atoms with Crippen LogP contribution in [0.4, 0.5) is 0 Å². The molecule has 0 spiro atoms. The first-order chi connectivity index (χ1) is 8.63. The standard InChI is InChI=1S/C11H12ClN3O2S/c1-7-14-9(6-18-7)11(16)10-8(12)5-13-15(10)3-4-17-2/h5-6H,3-4H2,1-2H3. The second-order valence-electron chi connectivity index (χ2n) is 3.64. The van der Waals surface area contributed by atoms with E-state index in [1.807, 2.05) is 6.92 Å². The Morgan fingerprint density at radius 1 is 1.61 bits per heavy atom. The first-order valence-corrected chi connectivity index (χ1v) is 6.56. The lowest BCUT2D eigenvalue weighted by atomic mass is 10.2. The Hall–Kier alpha value is -1.24. The second-order valence-corrected chi connectivity index (χ2v) is 5.11. The lowest BCUT2D eigenvalue weighted by molar-refractivity contribution is 0.102. The molecule has 0 atom stereocenters. The van der Waals surface area contributed by atoms with Crippen molar-refractivity contribution in [3.8, 4) is 0 Å². The van der Waals surface area contributed by atoms with Gasteiger partial charge in [-0.1, -0.05) is 11.6 Å². The van der Waals surface area contributed by atoms with Crippen LogP contribution in [0.1, 0.15) is 21.2 Å². The molecule has 0 unspecified atom stereocenters. The highest BCUT2D eigenvalue weighted by atomic mass is 35.5. The molecule has 0 saturated carbocycles. The molecule has 2 aromatic heterocycles. The van der Waals surface area contributed by atoms with Crippen LogP contribution in [0.2, 0.25) is 5.02 Å². The van der Waals surface area contributed by atoms with Crippen LogP contribution in [0.3, 0.4) is 0 Å². The van der Waals surface area contributed by atoms with Crippen molar-refractivity contribution in [3.05, 3.63) is 33.0 Å². The molecule has 0 fully saturated rings. The topological polar surface area (TPSA) is 57.0 Å². The molecule has 5 nitrogen and oxygen atoms in total. The molecule has 96 valence electrons. The Bertz CT molecular complexity index is 564. The molecule has 0 aliphatic rings. The van der Waals surface area contributed by atoms with Gasteiger partial charge in [0.25, 0.3) is 0 Å². The minimum atomic E-state index is -0.210. The number of nitrogens with zero attached hydrogens (tertiary/aromatic N) is 3. The van der Waals surface area contributed by atoms with Crippen molar-refractivity contribution in [2.45, 2.75) is 13.5 Å². The average molecular weight is 286 g/mol. The number of ether oxygens (including phenoxy) is 1. The molecule has 18 heavy (non-hydrogen) atoms. The number of halogens is 1. The van der Waals surface area contributed by atoms with E-state index in [0.717, 1.165) is 5.01 Å². The van der Waals surface area contributed by atoms with Gasteiger partial charge in [-0.15, -0.1) is 11.3 Å². The number of methoxy groups -OCH3 is 1. The van der Waals surface area contributed by atoms with Gasteiger partial charge in [0.2, 0.25) is 5.78 Å². The number of aryl methyl sites for hydroxylation is 1. The first kappa shape index (κ1) is 13.2. The van der Waals surface area contributed by atoms with Crippen LogP contribution in [-0.4, -0.2) is 34.3 Å². The van der Waals surface area contributed by atoms with Gasteiger partial charge in [-0.25, -0.2) is 4.98 Å². The molecule has 0 N–H and O–H groups in total. The molecule has 0 aliphatic carbocycles. The number of carbonyl (C=O) groups is 1. The molecule has 0 amide bonds. The van der Waals surface area contributed by atoms with Gasteiger partial charge in [0.15, 0.2) is 0 Å². The maximum absolute atomic E-state index is 12.3. The molecule has 0 aromatic carbocycles. The van der Waals surface area contributed by atoms with E-state index in [0.29, 0.717) is 29.6 Å². The summed E-state index contributed by atoms with van der Waals surface area (Å²) in [7, 11) is 1.59. The van der Waals surface area contributed by atoms with Crippen LogP contribution < -0.4 is 0 Å². The predicted molar refractivity (Wildman–Crippen MR) is 69.4 cm³/mol. The molecular formula is C11H12ClN3O2S. The number of aromatic nitrogens is 3. The second kappa shape index (κ2) is 5.60. The number of hydrogen-bond donors (Lipinski definition) is 0. The zero-order chi connectivity index (χ0) is 13.1. The van der Waals surface area contributed by atoms with Crippen molar-refractivity contribution in [3.63, 3.8) is 0 Å². The number of thiazole rings is 1. The molecule has 0 saturated heterocycles. The third-order valence-corrected chi connectivity index (χ3v) is 3.42. The van der Waals surface area contributed by atoms with Crippen molar-refractivity contribution < 1.29 is 9.53 Å². The molecule has 2 rings (SSSR count). The summed E-state index contributed by atoms with van der Waals surface area (Å²) in [5.74, 6) is -0.210. The number of ketones is 1. The highest BCUT2D eigenvalue weighted by molar-refractivity contribution is 7.09. The van der Waals surface area contributed by atoms with Gasteiger partial charge in [-0.05, 0) is 6.92 Å². The summed E-state index contributed by atoms with van der Waals surface area (Å²) in [6, 6.07) is 0. The first-order valence-electron chi connectivity index (χ1n) is 5.30. The van der Waals surface area contributed by atoms with Gasteiger partial charge in [0, 0.05) is 12.5 Å². The fourth-order valence-corrected chi connectivity index (χ4v) is 2.34. The zero-order valence-electron chi connectivity index (χ0n) is 10.0. The highest BCUT2D eigenvalue weighted by Gasteiger charge is 2.21. The molecule has 0 bridgehead atoms. The van der Waals surface area contributed by atoms with Crippen molar-refractivity contribution >= 4 is 28.7 Å². The molecule has 2 aromatic rings. The summed E-state index contributed by atoms with van der Waals surface area (Å²) in [5.41, 5.74) is 0.762. The van der Waals surface area contributed by atoms with Gasteiger partial charge in [0.05, 0.1) is 29.4 Å². The normalized spacial score (nSPS) is 10.8. The Morgan fingerprint density at radius 3 is 3.00 bits per heavy atom. The Labute approximate surface area is 113 Å². The molecule has 2 heterocycles. The van der Waals surface area contributed by atoms with Gasteiger partial charge >= 0.3 is 0 Å². The molecule has 0 aliphatic heterocycles. The van der Waals surface area contributed by atoms with Crippen LogP contribution in [0.15, 0.2) is 11.6 Å². The van der Waals surface area contributed by atoms with Gasteiger partial charge in [0.1, 0.15) is 11.4 Å². The third-order valence-electron chi connectivity index (χ3n) is 2.37. The fourth-order valence-electron chi connectivity index (χ4n) is 1.52. The van der Waals surface area contributed by atoms with Gasteiger partial charge in [-0.2, -0.15) is 5.10 Å². The lowest BCUT2D eigenvalue weighted by Gasteiger charge is -2.05. The fraction of sp³-hybridized carbons (Fsp3) is 0.364. The summed E-state index contributed by atoms with van der Waals surface area (Å²) in [5, 5.41) is 6.97. The quantitative estimate of drug-likeness (QED) is 0.790. The Morgan fingerprint density at radius 2 is 2.39 bits per heavy atom. The van der Waals surface area contributed by atoms with Crippen molar-refractivity contribution in [1.82, 2.24) is 14.8 Å². The summed E-state index contributed by atoms with van der Waals surface area (Å²) in [4.78, 5) is 16.5. The van der Waals surface area contributed by atoms with Crippen LogP contribution in [0.5, 0.6) is 0 Å². The van der Waals surface area contributed by atoms with E-state index in [1.54, 1.807) is 17.2 Å². The Balaban J connectivity index is 2.32. The van der Waals surface area contributed by atoms with Crippen LogP contribution in [0.25, 0.3) is 0 Å². The molecule has 0 radical (unpaired) electrons.